The van der Waals surface area contributed by atoms with Gasteiger partial charge in [0.05, 0.1) is 12.7 Å². The first-order valence-corrected chi connectivity index (χ1v) is 7.59. The minimum absolute atomic E-state index is 0.150. The van der Waals surface area contributed by atoms with E-state index in [1.165, 1.54) is 12.1 Å². The normalized spacial score (nSPS) is 20.0. The van der Waals surface area contributed by atoms with Gasteiger partial charge < -0.3 is 9.84 Å². The molecule has 1 heterocycles. The van der Waals surface area contributed by atoms with Crippen LogP contribution in [0.2, 0.25) is 0 Å². The Bertz CT molecular complexity index is 479. The number of piperazine rings is 1. The molecular weight excluding hydrogens is 290 g/mol. The predicted octanol–water partition coefficient (Wildman–Crippen LogP) is 1.65. The third-order valence-corrected chi connectivity index (χ3v) is 4.19. The van der Waals surface area contributed by atoms with E-state index in [1.807, 2.05) is 0 Å². The zero-order valence-corrected chi connectivity index (χ0v) is 13.1. The molecule has 124 valence electrons. The van der Waals surface area contributed by atoms with Crippen LogP contribution in [-0.4, -0.2) is 67.4 Å². The Kier molecular flexibility index (Phi) is 6.26. The summed E-state index contributed by atoms with van der Waals surface area (Å²) in [7, 11) is 1.69. The highest BCUT2D eigenvalue weighted by Gasteiger charge is 2.23. The third-order valence-electron chi connectivity index (χ3n) is 4.19. The summed E-state index contributed by atoms with van der Waals surface area (Å²) in [6, 6.07) is 3.66. The Morgan fingerprint density at radius 3 is 2.50 bits per heavy atom. The number of benzene rings is 1. The molecule has 0 aliphatic carbocycles. The van der Waals surface area contributed by atoms with Crippen LogP contribution in [0.15, 0.2) is 18.2 Å². The molecule has 0 radical (unpaired) electrons. The van der Waals surface area contributed by atoms with Crippen LogP contribution in [0.4, 0.5) is 8.78 Å². The number of hydrogen-bond acceptors (Lipinski definition) is 4. The van der Waals surface area contributed by atoms with E-state index in [2.05, 4.69) is 16.7 Å². The number of hydrogen-bond donors (Lipinski definition) is 1. The minimum atomic E-state index is -0.941. The first kappa shape index (κ1) is 17.3. The molecule has 0 bridgehead atoms. The fourth-order valence-corrected chi connectivity index (χ4v) is 2.85. The predicted molar refractivity (Wildman–Crippen MR) is 80.7 cm³/mol. The molecule has 1 N–H and O–H groups in total. The van der Waals surface area contributed by atoms with Crippen LogP contribution in [0.1, 0.15) is 18.6 Å². The molecule has 1 aromatic rings. The van der Waals surface area contributed by atoms with E-state index < -0.39 is 17.7 Å². The molecule has 0 saturated carbocycles. The maximum atomic E-state index is 13.7. The Balaban J connectivity index is 1.85. The van der Waals surface area contributed by atoms with E-state index in [-0.39, 0.29) is 5.56 Å². The van der Waals surface area contributed by atoms with Crippen molar-refractivity contribution in [2.45, 2.75) is 19.1 Å². The standard InChI is InChI=1S/C16H24F2N2O2/c1-12(11-22-2)20-7-5-19(6-8-20)10-16(21)14-4-3-13(17)9-15(14)18/h3-4,9,12,16,21H,5-8,10-11H2,1-2H3. The van der Waals surface area contributed by atoms with E-state index in [1.54, 1.807) is 7.11 Å². The van der Waals surface area contributed by atoms with Gasteiger partial charge in [0, 0.05) is 57.5 Å². The summed E-state index contributed by atoms with van der Waals surface area (Å²) in [5, 5.41) is 10.2. The highest BCUT2D eigenvalue weighted by molar-refractivity contribution is 5.21. The maximum Gasteiger partial charge on any atom is 0.131 e. The van der Waals surface area contributed by atoms with Crippen molar-refractivity contribution >= 4 is 0 Å². The molecule has 2 atom stereocenters. The van der Waals surface area contributed by atoms with Crippen LogP contribution in [-0.2, 0) is 4.74 Å². The molecule has 1 aromatic carbocycles. The van der Waals surface area contributed by atoms with Crippen molar-refractivity contribution in [1.29, 1.82) is 0 Å². The second kappa shape index (κ2) is 7.97. The van der Waals surface area contributed by atoms with Gasteiger partial charge >= 0.3 is 0 Å². The third kappa shape index (κ3) is 4.46. The summed E-state index contributed by atoms with van der Waals surface area (Å²) in [6.45, 7) is 6.59. The monoisotopic (exact) mass is 314 g/mol. The fraction of sp³-hybridized carbons (Fsp3) is 0.625. The number of methoxy groups -OCH3 is 1. The number of aliphatic hydroxyl groups excluding tert-OH is 1. The molecule has 6 heteroatoms. The second-order valence-electron chi connectivity index (χ2n) is 5.82. The topological polar surface area (TPSA) is 35.9 Å². The molecule has 2 rings (SSSR count). The van der Waals surface area contributed by atoms with Gasteiger partial charge in [-0.05, 0) is 13.0 Å². The largest absolute Gasteiger partial charge is 0.387 e. The quantitative estimate of drug-likeness (QED) is 0.866. The Morgan fingerprint density at radius 2 is 1.91 bits per heavy atom. The van der Waals surface area contributed by atoms with Gasteiger partial charge in [-0.2, -0.15) is 0 Å². The van der Waals surface area contributed by atoms with Crippen molar-refractivity contribution in [2.24, 2.45) is 0 Å². The molecule has 1 aliphatic rings. The van der Waals surface area contributed by atoms with Crippen molar-refractivity contribution < 1.29 is 18.6 Å². The van der Waals surface area contributed by atoms with Gasteiger partial charge in [-0.1, -0.05) is 6.07 Å². The molecular formula is C16H24F2N2O2. The molecule has 2 unspecified atom stereocenters. The van der Waals surface area contributed by atoms with Crippen molar-refractivity contribution in [3.8, 4) is 0 Å². The SMILES string of the molecule is COCC(C)N1CCN(CC(O)c2ccc(F)cc2F)CC1. The highest BCUT2D eigenvalue weighted by atomic mass is 19.1. The highest BCUT2D eigenvalue weighted by Crippen LogP contribution is 2.20. The Labute approximate surface area is 130 Å². The molecule has 1 fully saturated rings. The van der Waals surface area contributed by atoms with Crippen LogP contribution in [0.5, 0.6) is 0 Å². The molecule has 0 spiro atoms. The van der Waals surface area contributed by atoms with Gasteiger partial charge in [-0.3, -0.25) is 9.80 Å². The van der Waals surface area contributed by atoms with Gasteiger partial charge in [0.15, 0.2) is 0 Å². The first-order valence-electron chi connectivity index (χ1n) is 7.59. The zero-order valence-electron chi connectivity index (χ0n) is 13.1. The fourth-order valence-electron chi connectivity index (χ4n) is 2.85. The summed E-state index contributed by atoms with van der Waals surface area (Å²) in [5.41, 5.74) is 0.150. The lowest BCUT2D eigenvalue weighted by molar-refractivity contribution is 0.0362. The molecule has 22 heavy (non-hydrogen) atoms. The minimum Gasteiger partial charge on any atom is -0.387 e. The van der Waals surface area contributed by atoms with Gasteiger partial charge in [-0.15, -0.1) is 0 Å². The van der Waals surface area contributed by atoms with Crippen molar-refractivity contribution in [3.63, 3.8) is 0 Å². The number of halogens is 2. The smallest absolute Gasteiger partial charge is 0.131 e. The number of ether oxygens (including phenoxy) is 1. The van der Waals surface area contributed by atoms with Crippen molar-refractivity contribution in [3.05, 3.63) is 35.4 Å². The average Bonchev–Trinajstić information content (AvgIpc) is 2.48. The summed E-state index contributed by atoms with van der Waals surface area (Å²) in [4.78, 5) is 4.44. The molecule has 4 nitrogen and oxygen atoms in total. The summed E-state index contributed by atoms with van der Waals surface area (Å²) >= 11 is 0. The van der Waals surface area contributed by atoms with Crippen molar-refractivity contribution in [1.82, 2.24) is 9.80 Å². The zero-order chi connectivity index (χ0) is 16.1. The first-order chi connectivity index (χ1) is 10.5. The number of aliphatic hydroxyl groups is 1. The van der Waals surface area contributed by atoms with E-state index >= 15 is 0 Å². The van der Waals surface area contributed by atoms with E-state index in [4.69, 9.17) is 4.74 Å². The second-order valence-corrected chi connectivity index (χ2v) is 5.82. The molecule has 0 amide bonds. The van der Waals surface area contributed by atoms with Crippen LogP contribution in [0, 0.1) is 11.6 Å². The van der Waals surface area contributed by atoms with Gasteiger partial charge in [0.25, 0.3) is 0 Å². The van der Waals surface area contributed by atoms with Crippen LogP contribution in [0.25, 0.3) is 0 Å². The summed E-state index contributed by atoms with van der Waals surface area (Å²) < 4.78 is 31.7. The van der Waals surface area contributed by atoms with Gasteiger partial charge in [0.1, 0.15) is 11.6 Å². The molecule has 1 saturated heterocycles. The lowest BCUT2D eigenvalue weighted by Crippen LogP contribution is -2.51. The van der Waals surface area contributed by atoms with Crippen LogP contribution in [0.3, 0.4) is 0 Å². The lowest BCUT2D eigenvalue weighted by atomic mass is 10.1. The van der Waals surface area contributed by atoms with E-state index in [0.29, 0.717) is 19.2 Å². The average molecular weight is 314 g/mol. The maximum absolute atomic E-state index is 13.7. The Hall–Kier alpha value is -1.08. The van der Waals surface area contributed by atoms with Crippen LogP contribution < -0.4 is 0 Å². The van der Waals surface area contributed by atoms with Gasteiger partial charge in [-0.25, -0.2) is 8.78 Å². The number of rotatable bonds is 6. The molecule has 0 aromatic heterocycles. The summed E-state index contributed by atoms with van der Waals surface area (Å²) in [5.74, 6) is -1.32. The number of nitrogens with zero attached hydrogens (tertiary/aromatic N) is 2. The Morgan fingerprint density at radius 1 is 1.23 bits per heavy atom. The number of β-amino-alcohol motifs (C(OH)–C–C–N with tert-alkyl or cyclic N) is 1. The molecule has 1 aliphatic heterocycles. The van der Waals surface area contributed by atoms with E-state index in [0.717, 1.165) is 32.2 Å². The summed E-state index contributed by atoms with van der Waals surface area (Å²) in [6.07, 6.45) is -0.941. The van der Waals surface area contributed by atoms with Gasteiger partial charge in [0.2, 0.25) is 0 Å². The van der Waals surface area contributed by atoms with Crippen LogP contribution >= 0.6 is 0 Å². The van der Waals surface area contributed by atoms with E-state index in [9.17, 15) is 13.9 Å². The van der Waals surface area contributed by atoms with Crippen molar-refractivity contribution in [2.75, 3.05) is 46.4 Å². The lowest BCUT2D eigenvalue weighted by Gasteiger charge is -2.38.